The lowest BCUT2D eigenvalue weighted by Gasteiger charge is -2.43. The third kappa shape index (κ3) is 3.64. The number of methoxy groups -OCH3 is 1. The molecule has 0 aliphatic carbocycles. The predicted molar refractivity (Wildman–Crippen MR) is 112 cm³/mol. The highest BCUT2D eigenvalue weighted by Crippen LogP contribution is 2.35. The van der Waals surface area contributed by atoms with Crippen LogP contribution in [0.3, 0.4) is 0 Å². The molecule has 0 amide bonds. The number of anilines is 1. The van der Waals surface area contributed by atoms with Crippen molar-refractivity contribution in [2.45, 2.75) is 0 Å². The van der Waals surface area contributed by atoms with E-state index in [0.29, 0.717) is 17.0 Å². The van der Waals surface area contributed by atoms with Crippen LogP contribution >= 0.6 is 0 Å². The maximum Gasteiger partial charge on any atom is 0.337 e. The molecule has 3 heterocycles. The number of hydrogen-bond acceptors (Lipinski definition) is 8. The molecule has 8 nitrogen and oxygen atoms in total. The molecule has 2 aliphatic rings. The molecule has 3 aromatic rings. The van der Waals surface area contributed by atoms with Crippen molar-refractivity contribution in [3.63, 3.8) is 0 Å². The Kier molecular flexibility index (Phi) is 5.10. The third-order valence-electron chi connectivity index (χ3n) is 5.88. The van der Waals surface area contributed by atoms with E-state index in [0.717, 1.165) is 68.3 Å². The SMILES string of the molecule is COC(=O)c1cccc(-c2cc(N3CC(CN4CCOCC4)C3)c3nonc3c2)c1. The van der Waals surface area contributed by atoms with Crippen LogP contribution in [0.15, 0.2) is 41.0 Å². The summed E-state index contributed by atoms with van der Waals surface area (Å²) in [5.74, 6) is 0.277. The standard InChI is InChI=1S/C22H24N4O4/c1-28-22(27)17-4-2-3-16(9-17)18-10-19-21(24-30-23-19)20(11-18)26-13-15(14-26)12-25-5-7-29-8-6-25/h2-4,9-11,15H,5-8,12-14H2,1H3. The first kappa shape index (κ1) is 19.0. The van der Waals surface area contributed by atoms with Crippen LogP contribution in [0.1, 0.15) is 10.4 Å². The van der Waals surface area contributed by atoms with Gasteiger partial charge in [0.25, 0.3) is 0 Å². The van der Waals surface area contributed by atoms with E-state index in [-0.39, 0.29) is 5.97 Å². The molecule has 8 heteroatoms. The number of aromatic nitrogens is 2. The van der Waals surface area contributed by atoms with Gasteiger partial charge in [0.2, 0.25) is 0 Å². The van der Waals surface area contributed by atoms with Crippen molar-refractivity contribution in [3.8, 4) is 11.1 Å². The van der Waals surface area contributed by atoms with Crippen LogP contribution < -0.4 is 4.90 Å². The van der Waals surface area contributed by atoms with Gasteiger partial charge in [0.05, 0.1) is 31.6 Å². The van der Waals surface area contributed by atoms with E-state index >= 15 is 0 Å². The zero-order chi connectivity index (χ0) is 20.5. The smallest absolute Gasteiger partial charge is 0.337 e. The average Bonchev–Trinajstić information content (AvgIpc) is 3.24. The summed E-state index contributed by atoms with van der Waals surface area (Å²) in [4.78, 5) is 16.7. The molecule has 0 atom stereocenters. The number of benzene rings is 2. The van der Waals surface area contributed by atoms with E-state index in [2.05, 4.69) is 26.2 Å². The van der Waals surface area contributed by atoms with Gasteiger partial charge in [0, 0.05) is 38.6 Å². The highest BCUT2D eigenvalue weighted by atomic mass is 16.6. The molecule has 5 rings (SSSR count). The molecule has 0 saturated carbocycles. The van der Waals surface area contributed by atoms with Crippen LogP contribution in [0.25, 0.3) is 22.2 Å². The number of hydrogen-bond donors (Lipinski definition) is 0. The Bertz CT molecular complexity index is 1050. The highest BCUT2D eigenvalue weighted by Gasteiger charge is 2.31. The van der Waals surface area contributed by atoms with E-state index in [1.807, 2.05) is 24.3 Å². The second-order valence-corrected chi connectivity index (χ2v) is 7.88. The average molecular weight is 408 g/mol. The maximum absolute atomic E-state index is 11.9. The molecule has 0 radical (unpaired) electrons. The van der Waals surface area contributed by atoms with E-state index in [1.165, 1.54) is 7.11 Å². The minimum Gasteiger partial charge on any atom is -0.465 e. The summed E-state index contributed by atoms with van der Waals surface area (Å²) in [5.41, 5.74) is 4.91. The summed E-state index contributed by atoms with van der Waals surface area (Å²) >= 11 is 0. The number of fused-ring (bicyclic) bond motifs is 1. The molecule has 1 aromatic heterocycles. The fourth-order valence-corrected chi connectivity index (χ4v) is 4.25. The van der Waals surface area contributed by atoms with E-state index in [9.17, 15) is 4.79 Å². The first-order valence-corrected chi connectivity index (χ1v) is 10.2. The van der Waals surface area contributed by atoms with E-state index in [4.69, 9.17) is 14.1 Å². The number of carbonyl (C=O) groups excluding carboxylic acids is 1. The number of nitrogens with zero attached hydrogens (tertiary/aromatic N) is 4. The lowest BCUT2D eigenvalue weighted by atomic mass is 9.96. The van der Waals surface area contributed by atoms with Crippen molar-refractivity contribution in [2.75, 3.05) is 57.9 Å². The molecule has 156 valence electrons. The van der Waals surface area contributed by atoms with Gasteiger partial charge in [-0.1, -0.05) is 12.1 Å². The molecule has 30 heavy (non-hydrogen) atoms. The first-order chi connectivity index (χ1) is 14.7. The quantitative estimate of drug-likeness (QED) is 0.596. The Morgan fingerprint density at radius 1 is 1.13 bits per heavy atom. The van der Waals surface area contributed by atoms with Gasteiger partial charge in [-0.3, -0.25) is 4.90 Å². The fraction of sp³-hybridized carbons (Fsp3) is 0.409. The molecule has 0 unspecified atom stereocenters. The molecular weight excluding hydrogens is 384 g/mol. The predicted octanol–water partition coefficient (Wildman–Crippen LogP) is 2.44. The summed E-state index contributed by atoms with van der Waals surface area (Å²) in [6, 6.07) is 11.5. The molecule has 2 saturated heterocycles. The molecular formula is C22H24N4O4. The Morgan fingerprint density at radius 2 is 1.97 bits per heavy atom. The Labute approximate surface area is 174 Å². The molecule has 2 fully saturated rings. The molecule has 2 aromatic carbocycles. The van der Waals surface area contributed by atoms with Crippen molar-refractivity contribution < 1.29 is 18.9 Å². The first-order valence-electron chi connectivity index (χ1n) is 10.2. The van der Waals surface area contributed by atoms with Gasteiger partial charge in [0.15, 0.2) is 5.52 Å². The summed E-state index contributed by atoms with van der Waals surface area (Å²) in [7, 11) is 1.39. The van der Waals surface area contributed by atoms with Gasteiger partial charge in [-0.2, -0.15) is 0 Å². The molecule has 2 aliphatic heterocycles. The van der Waals surface area contributed by atoms with Crippen LogP contribution in [0, 0.1) is 5.92 Å². The number of rotatable bonds is 5. The van der Waals surface area contributed by atoms with E-state index < -0.39 is 0 Å². The van der Waals surface area contributed by atoms with Crippen LogP contribution in [-0.4, -0.2) is 74.2 Å². The summed E-state index contributed by atoms with van der Waals surface area (Å²) < 4.78 is 15.3. The number of morpholine rings is 1. The second kappa shape index (κ2) is 8.04. The topological polar surface area (TPSA) is 80.9 Å². The minimum absolute atomic E-state index is 0.352. The maximum atomic E-state index is 11.9. The second-order valence-electron chi connectivity index (χ2n) is 7.88. The Balaban J connectivity index is 1.39. The van der Waals surface area contributed by atoms with Gasteiger partial charge in [-0.15, -0.1) is 0 Å². The molecule has 0 N–H and O–H groups in total. The van der Waals surface area contributed by atoms with E-state index in [1.54, 1.807) is 6.07 Å². The van der Waals surface area contributed by atoms with Gasteiger partial charge < -0.3 is 14.4 Å². The highest BCUT2D eigenvalue weighted by molar-refractivity contribution is 5.95. The van der Waals surface area contributed by atoms with Crippen LogP contribution in [-0.2, 0) is 9.47 Å². The molecule has 0 spiro atoms. The van der Waals surface area contributed by atoms with Crippen molar-refractivity contribution in [1.82, 2.24) is 15.2 Å². The third-order valence-corrected chi connectivity index (χ3v) is 5.88. The lowest BCUT2D eigenvalue weighted by molar-refractivity contribution is 0.0286. The minimum atomic E-state index is -0.352. The van der Waals surface area contributed by atoms with Crippen LogP contribution in [0.5, 0.6) is 0 Å². The zero-order valence-corrected chi connectivity index (χ0v) is 16.9. The number of ether oxygens (including phenoxy) is 2. The van der Waals surface area contributed by atoms with Gasteiger partial charge in [-0.25, -0.2) is 9.42 Å². The normalized spacial score (nSPS) is 17.8. The molecule has 0 bridgehead atoms. The summed E-state index contributed by atoms with van der Waals surface area (Å²) in [6.45, 7) is 6.74. The monoisotopic (exact) mass is 408 g/mol. The Morgan fingerprint density at radius 3 is 2.77 bits per heavy atom. The number of esters is 1. The number of carbonyl (C=O) groups is 1. The fourth-order valence-electron chi connectivity index (χ4n) is 4.25. The van der Waals surface area contributed by atoms with Gasteiger partial charge >= 0.3 is 5.97 Å². The van der Waals surface area contributed by atoms with Crippen LogP contribution in [0.2, 0.25) is 0 Å². The zero-order valence-electron chi connectivity index (χ0n) is 16.9. The van der Waals surface area contributed by atoms with Crippen molar-refractivity contribution >= 4 is 22.7 Å². The largest absolute Gasteiger partial charge is 0.465 e. The Hall–Kier alpha value is -2.97. The van der Waals surface area contributed by atoms with Crippen LogP contribution in [0.4, 0.5) is 5.69 Å². The van der Waals surface area contributed by atoms with Gasteiger partial charge in [-0.05, 0) is 45.7 Å². The lowest BCUT2D eigenvalue weighted by Crippen LogP contribution is -2.53. The van der Waals surface area contributed by atoms with Crippen molar-refractivity contribution in [2.24, 2.45) is 5.92 Å². The summed E-state index contributed by atoms with van der Waals surface area (Å²) in [5, 5.41) is 8.19. The van der Waals surface area contributed by atoms with Crippen molar-refractivity contribution in [1.29, 1.82) is 0 Å². The van der Waals surface area contributed by atoms with Gasteiger partial charge in [0.1, 0.15) is 5.52 Å². The van der Waals surface area contributed by atoms with Crippen molar-refractivity contribution in [3.05, 3.63) is 42.0 Å². The summed E-state index contributed by atoms with van der Waals surface area (Å²) in [6.07, 6.45) is 0.